The van der Waals surface area contributed by atoms with E-state index in [1.807, 2.05) is 60.7 Å². The van der Waals surface area contributed by atoms with E-state index in [1.165, 1.54) is 0 Å². The van der Waals surface area contributed by atoms with E-state index >= 15 is 0 Å². The molecule has 2 aromatic carbocycles. The van der Waals surface area contributed by atoms with E-state index in [-0.39, 0.29) is 6.61 Å². The van der Waals surface area contributed by atoms with Crippen molar-refractivity contribution in [3.63, 3.8) is 0 Å². The summed E-state index contributed by atoms with van der Waals surface area (Å²) in [6.45, 7) is 1.88. The minimum absolute atomic E-state index is 0.221. The molecule has 0 fully saturated rings. The highest BCUT2D eigenvalue weighted by molar-refractivity contribution is 5.73. The minimum atomic E-state index is -0.872. The van der Waals surface area contributed by atoms with Crippen LogP contribution in [0.1, 0.15) is 18.1 Å². The molecule has 0 bridgehead atoms. The Morgan fingerprint density at radius 1 is 1.09 bits per heavy atom. The smallest absolute Gasteiger partial charge is 0.311 e. The Kier molecular flexibility index (Phi) is 5.92. The van der Waals surface area contributed by atoms with E-state index < -0.39 is 18.0 Å². The summed E-state index contributed by atoms with van der Waals surface area (Å²) >= 11 is 0. The molecular weight excluding hydrogens is 276 g/mol. The standard InChI is InChI=1S/C19H20O3/c1-15(18(20)13-12-16-8-4-2-5-9-16)19(21)22-14-17-10-6-3-7-11-17/h2-13,15,18,20H,14H2,1H3/b13-12+/t15-,18+/m0/s1. The van der Waals surface area contributed by atoms with Gasteiger partial charge in [0.15, 0.2) is 0 Å². The van der Waals surface area contributed by atoms with E-state index in [2.05, 4.69) is 0 Å². The number of rotatable bonds is 6. The fraction of sp³-hybridized carbons (Fsp3) is 0.211. The summed E-state index contributed by atoms with van der Waals surface area (Å²) in [6, 6.07) is 19.1. The van der Waals surface area contributed by atoms with Crippen LogP contribution in [0.5, 0.6) is 0 Å². The minimum Gasteiger partial charge on any atom is -0.461 e. The van der Waals surface area contributed by atoms with Crippen LogP contribution >= 0.6 is 0 Å². The Labute approximate surface area is 130 Å². The first-order chi connectivity index (χ1) is 10.7. The molecule has 0 spiro atoms. The van der Waals surface area contributed by atoms with Crippen LogP contribution in [0.25, 0.3) is 6.08 Å². The van der Waals surface area contributed by atoms with Crippen molar-refractivity contribution in [2.45, 2.75) is 19.6 Å². The van der Waals surface area contributed by atoms with Crippen molar-refractivity contribution in [1.29, 1.82) is 0 Å². The van der Waals surface area contributed by atoms with E-state index in [1.54, 1.807) is 19.1 Å². The lowest BCUT2D eigenvalue weighted by atomic mass is 10.0. The fourth-order valence-corrected chi connectivity index (χ4v) is 1.94. The van der Waals surface area contributed by atoms with Gasteiger partial charge in [0, 0.05) is 0 Å². The third kappa shape index (κ3) is 4.86. The summed E-state index contributed by atoms with van der Waals surface area (Å²) in [5.41, 5.74) is 1.91. The average Bonchev–Trinajstić information content (AvgIpc) is 2.58. The van der Waals surface area contributed by atoms with Gasteiger partial charge in [-0.3, -0.25) is 4.79 Å². The molecular formula is C19H20O3. The molecule has 22 heavy (non-hydrogen) atoms. The molecule has 114 valence electrons. The number of benzene rings is 2. The van der Waals surface area contributed by atoms with Crippen molar-refractivity contribution in [3.8, 4) is 0 Å². The predicted molar refractivity (Wildman–Crippen MR) is 86.9 cm³/mol. The van der Waals surface area contributed by atoms with E-state index in [0.29, 0.717) is 0 Å². The van der Waals surface area contributed by atoms with Gasteiger partial charge >= 0.3 is 5.97 Å². The van der Waals surface area contributed by atoms with Gasteiger partial charge in [-0.15, -0.1) is 0 Å². The van der Waals surface area contributed by atoms with Gasteiger partial charge in [-0.2, -0.15) is 0 Å². The van der Waals surface area contributed by atoms with Crippen LogP contribution in [-0.4, -0.2) is 17.2 Å². The van der Waals surface area contributed by atoms with Crippen LogP contribution in [0, 0.1) is 5.92 Å². The van der Waals surface area contributed by atoms with Gasteiger partial charge in [-0.05, 0) is 18.1 Å². The van der Waals surface area contributed by atoms with Crippen LogP contribution in [-0.2, 0) is 16.1 Å². The van der Waals surface area contributed by atoms with Crippen LogP contribution < -0.4 is 0 Å². The number of carbonyl (C=O) groups excluding carboxylic acids is 1. The molecule has 3 nitrogen and oxygen atoms in total. The molecule has 3 heteroatoms. The number of aliphatic hydroxyl groups excluding tert-OH is 1. The summed E-state index contributed by atoms with van der Waals surface area (Å²) in [4.78, 5) is 12.0. The van der Waals surface area contributed by atoms with Crippen LogP contribution in [0.2, 0.25) is 0 Å². The van der Waals surface area contributed by atoms with Gasteiger partial charge in [-0.25, -0.2) is 0 Å². The van der Waals surface area contributed by atoms with Gasteiger partial charge in [0.05, 0.1) is 12.0 Å². The number of ether oxygens (including phenoxy) is 1. The topological polar surface area (TPSA) is 46.5 Å². The number of hydrogen-bond donors (Lipinski definition) is 1. The molecule has 0 amide bonds. The first-order valence-corrected chi connectivity index (χ1v) is 7.28. The van der Waals surface area contributed by atoms with Crippen molar-refractivity contribution < 1.29 is 14.6 Å². The quantitative estimate of drug-likeness (QED) is 0.831. The lowest BCUT2D eigenvalue weighted by Crippen LogP contribution is -2.25. The Hall–Kier alpha value is -2.39. The van der Waals surface area contributed by atoms with Crippen molar-refractivity contribution in [2.75, 3.05) is 0 Å². The molecule has 0 aliphatic carbocycles. The normalized spacial score (nSPS) is 13.7. The zero-order valence-electron chi connectivity index (χ0n) is 12.6. The molecule has 0 heterocycles. The molecule has 0 saturated carbocycles. The van der Waals surface area contributed by atoms with Crippen molar-refractivity contribution in [3.05, 3.63) is 77.9 Å². The fourth-order valence-electron chi connectivity index (χ4n) is 1.94. The second-order valence-electron chi connectivity index (χ2n) is 5.14. The average molecular weight is 296 g/mol. The Morgan fingerprint density at radius 2 is 1.68 bits per heavy atom. The van der Waals surface area contributed by atoms with Gasteiger partial charge in [0.2, 0.25) is 0 Å². The van der Waals surface area contributed by atoms with Crippen LogP contribution in [0.4, 0.5) is 0 Å². The molecule has 2 atom stereocenters. The third-order valence-corrected chi connectivity index (χ3v) is 3.39. The first kappa shape index (κ1) is 16.0. The largest absolute Gasteiger partial charge is 0.461 e. The molecule has 0 saturated heterocycles. The maximum absolute atomic E-state index is 12.0. The third-order valence-electron chi connectivity index (χ3n) is 3.39. The van der Waals surface area contributed by atoms with E-state index in [9.17, 15) is 9.90 Å². The Bertz CT molecular complexity index is 605. The zero-order valence-corrected chi connectivity index (χ0v) is 12.6. The predicted octanol–water partition coefficient (Wildman–Crippen LogP) is 3.44. The SMILES string of the molecule is C[C@H](C(=O)OCc1ccccc1)[C@H](O)/C=C/c1ccccc1. The van der Waals surface area contributed by atoms with Crippen LogP contribution in [0.15, 0.2) is 66.7 Å². The monoisotopic (exact) mass is 296 g/mol. The maximum atomic E-state index is 12.0. The lowest BCUT2D eigenvalue weighted by molar-refractivity contribution is -0.152. The molecule has 0 aliphatic heterocycles. The summed E-state index contributed by atoms with van der Waals surface area (Å²) in [5.74, 6) is -1.02. The van der Waals surface area contributed by atoms with E-state index in [0.717, 1.165) is 11.1 Å². The number of hydrogen-bond acceptors (Lipinski definition) is 3. The summed E-state index contributed by atoms with van der Waals surface area (Å²) < 4.78 is 5.23. The van der Waals surface area contributed by atoms with Crippen molar-refractivity contribution >= 4 is 12.0 Å². The molecule has 1 N–H and O–H groups in total. The van der Waals surface area contributed by atoms with Crippen molar-refractivity contribution in [2.24, 2.45) is 5.92 Å². The highest BCUT2D eigenvalue weighted by Crippen LogP contribution is 2.11. The Morgan fingerprint density at radius 3 is 2.32 bits per heavy atom. The second-order valence-corrected chi connectivity index (χ2v) is 5.14. The number of esters is 1. The second kappa shape index (κ2) is 8.15. The van der Waals surface area contributed by atoms with Gasteiger partial charge in [0.1, 0.15) is 6.61 Å². The van der Waals surface area contributed by atoms with Gasteiger partial charge in [-0.1, -0.05) is 72.8 Å². The molecule has 0 unspecified atom stereocenters. The highest BCUT2D eigenvalue weighted by atomic mass is 16.5. The Balaban J connectivity index is 1.85. The van der Waals surface area contributed by atoms with Crippen LogP contribution in [0.3, 0.4) is 0 Å². The first-order valence-electron chi connectivity index (χ1n) is 7.28. The summed E-state index contributed by atoms with van der Waals surface area (Å²) in [7, 11) is 0. The lowest BCUT2D eigenvalue weighted by Gasteiger charge is -2.14. The van der Waals surface area contributed by atoms with Gasteiger partial charge < -0.3 is 9.84 Å². The zero-order chi connectivity index (χ0) is 15.8. The molecule has 2 aromatic rings. The maximum Gasteiger partial charge on any atom is 0.311 e. The number of aliphatic hydroxyl groups is 1. The van der Waals surface area contributed by atoms with Crippen molar-refractivity contribution in [1.82, 2.24) is 0 Å². The molecule has 0 aliphatic rings. The molecule has 0 aromatic heterocycles. The number of carbonyl (C=O) groups is 1. The van der Waals surface area contributed by atoms with E-state index in [4.69, 9.17) is 4.74 Å². The summed E-state index contributed by atoms with van der Waals surface area (Å²) in [5, 5.41) is 10.1. The highest BCUT2D eigenvalue weighted by Gasteiger charge is 2.21. The molecule has 2 rings (SSSR count). The summed E-state index contributed by atoms with van der Waals surface area (Å²) in [6.07, 6.45) is 2.54. The van der Waals surface area contributed by atoms with Gasteiger partial charge in [0.25, 0.3) is 0 Å². The molecule has 0 radical (unpaired) electrons.